The summed E-state index contributed by atoms with van der Waals surface area (Å²) in [5.41, 5.74) is 1.21. The number of aliphatic hydroxyl groups is 1. The molecule has 0 saturated heterocycles. The van der Waals surface area contributed by atoms with Crippen molar-refractivity contribution in [2.45, 2.75) is 52.7 Å². The highest BCUT2D eigenvalue weighted by atomic mass is 32.1. The lowest BCUT2D eigenvalue weighted by molar-refractivity contribution is 0.0845. The van der Waals surface area contributed by atoms with Crippen LogP contribution in [0.25, 0.3) is 0 Å². The van der Waals surface area contributed by atoms with Gasteiger partial charge in [-0.05, 0) is 32.1 Å². The van der Waals surface area contributed by atoms with Gasteiger partial charge in [0.25, 0.3) is 0 Å². The van der Waals surface area contributed by atoms with Crippen LogP contribution in [-0.4, -0.2) is 36.4 Å². The van der Waals surface area contributed by atoms with Crippen LogP contribution in [0.1, 0.15) is 50.8 Å². The molecule has 0 aromatic carbocycles. The van der Waals surface area contributed by atoms with Crippen LogP contribution in [0.4, 0.5) is 5.13 Å². The lowest BCUT2D eigenvalue weighted by Crippen LogP contribution is -2.25. The average molecular weight is 298 g/mol. The molecule has 1 atom stereocenters. The highest BCUT2D eigenvalue weighted by molar-refractivity contribution is 7.15. The van der Waals surface area contributed by atoms with Gasteiger partial charge in [0.1, 0.15) is 0 Å². The normalized spacial score (nSPS) is 21.1. The van der Waals surface area contributed by atoms with E-state index in [2.05, 4.69) is 18.7 Å². The molecule has 2 rings (SSSR count). The third-order valence-electron chi connectivity index (χ3n) is 3.62. The number of aliphatic hydroxyl groups excluding tert-OH is 1. The molecular formula is C15H26N2O2S. The summed E-state index contributed by atoms with van der Waals surface area (Å²) in [4.78, 5) is 7.89. The zero-order valence-corrected chi connectivity index (χ0v) is 14.0. The van der Waals surface area contributed by atoms with Gasteiger partial charge in [-0.15, -0.1) is 0 Å². The summed E-state index contributed by atoms with van der Waals surface area (Å²) >= 11 is 1.62. The van der Waals surface area contributed by atoms with Crippen molar-refractivity contribution in [1.82, 2.24) is 4.98 Å². The molecule has 1 aliphatic rings. The smallest absolute Gasteiger partial charge is 0.185 e. The van der Waals surface area contributed by atoms with Crippen LogP contribution in [0.3, 0.4) is 0 Å². The summed E-state index contributed by atoms with van der Waals surface area (Å²) in [7, 11) is 2.03. The second-order valence-electron chi connectivity index (χ2n) is 6.71. The van der Waals surface area contributed by atoms with Crippen molar-refractivity contribution in [2.24, 2.45) is 5.41 Å². The van der Waals surface area contributed by atoms with Crippen molar-refractivity contribution in [3.05, 3.63) is 10.6 Å². The molecule has 1 N–H and O–H groups in total. The first-order valence-electron chi connectivity index (χ1n) is 7.29. The zero-order valence-electron chi connectivity index (χ0n) is 13.1. The van der Waals surface area contributed by atoms with E-state index in [0.717, 1.165) is 35.1 Å². The summed E-state index contributed by atoms with van der Waals surface area (Å²) in [5, 5.41) is 11.3. The van der Waals surface area contributed by atoms with E-state index in [0.29, 0.717) is 6.61 Å². The van der Waals surface area contributed by atoms with Crippen molar-refractivity contribution in [2.75, 3.05) is 25.1 Å². The largest absolute Gasteiger partial charge is 0.387 e. The quantitative estimate of drug-likeness (QED) is 0.907. The summed E-state index contributed by atoms with van der Waals surface area (Å²) < 4.78 is 5.58. The lowest BCUT2D eigenvalue weighted by Gasteiger charge is -2.31. The fourth-order valence-corrected chi connectivity index (χ4v) is 3.62. The second-order valence-corrected chi connectivity index (χ2v) is 7.72. The Kier molecular flexibility index (Phi) is 4.72. The third kappa shape index (κ3) is 3.71. The molecule has 0 aliphatic heterocycles. The number of thiazole rings is 1. The molecule has 0 saturated carbocycles. The molecule has 1 unspecified atom stereocenters. The molecule has 0 spiro atoms. The number of nitrogens with zero attached hydrogens (tertiary/aromatic N) is 2. The van der Waals surface area contributed by atoms with Gasteiger partial charge >= 0.3 is 0 Å². The standard InChI is InChI=1S/C15H26N2O2S/c1-10(2)19-7-6-17(5)14-16-11-8-15(3,4)9-12(18)13(11)20-14/h10,12,18H,6-9H2,1-5H3. The second kappa shape index (κ2) is 6.00. The Labute approximate surface area is 125 Å². The number of aromatic nitrogens is 1. The molecule has 20 heavy (non-hydrogen) atoms. The summed E-state index contributed by atoms with van der Waals surface area (Å²) in [6.45, 7) is 9.99. The van der Waals surface area contributed by atoms with Gasteiger partial charge in [0.05, 0.1) is 29.4 Å². The molecule has 1 aromatic heterocycles. The molecule has 0 bridgehead atoms. The highest BCUT2D eigenvalue weighted by Gasteiger charge is 2.34. The molecule has 5 heteroatoms. The summed E-state index contributed by atoms with van der Waals surface area (Å²) in [6, 6.07) is 0. The van der Waals surface area contributed by atoms with E-state index in [9.17, 15) is 5.11 Å². The summed E-state index contributed by atoms with van der Waals surface area (Å²) in [6.07, 6.45) is 1.67. The van der Waals surface area contributed by atoms with Gasteiger partial charge in [0.15, 0.2) is 5.13 Å². The van der Waals surface area contributed by atoms with E-state index in [-0.39, 0.29) is 17.6 Å². The molecule has 114 valence electrons. The zero-order chi connectivity index (χ0) is 14.9. The van der Waals surface area contributed by atoms with Crippen LogP contribution in [0.2, 0.25) is 0 Å². The van der Waals surface area contributed by atoms with E-state index < -0.39 is 0 Å². The lowest BCUT2D eigenvalue weighted by atomic mass is 9.77. The van der Waals surface area contributed by atoms with E-state index in [1.165, 1.54) is 0 Å². The van der Waals surface area contributed by atoms with Crippen LogP contribution in [0.5, 0.6) is 0 Å². The molecule has 0 radical (unpaired) electrons. The van der Waals surface area contributed by atoms with Gasteiger partial charge in [0.2, 0.25) is 0 Å². The number of rotatable bonds is 5. The fraction of sp³-hybridized carbons (Fsp3) is 0.800. The van der Waals surface area contributed by atoms with Gasteiger partial charge in [0, 0.05) is 13.6 Å². The van der Waals surface area contributed by atoms with Crippen molar-refractivity contribution in [1.29, 1.82) is 0 Å². The van der Waals surface area contributed by atoms with Crippen LogP contribution in [-0.2, 0) is 11.2 Å². The Morgan fingerprint density at radius 2 is 2.20 bits per heavy atom. The van der Waals surface area contributed by atoms with Crippen LogP contribution < -0.4 is 4.90 Å². The summed E-state index contributed by atoms with van der Waals surface area (Å²) in [5.74, 6) is 0. The maximum absolute atomic E-state index is 10.3. The molecule has 0 fully saturated rings. The monoisotopic (exact) mass is 298 g/mol. The SMILES string of the molecule is CC(C)OCCN(C)c1nc2c(s1)C(O)CC(C)(C)C2. The Morgan fingerprint density at radius 1 is 1.50 bits per heavy atom. The number of likely N-dealkylation sites (N-methyl/N-ethyl adjacent to an activating group) is 1. The topological polar surface area (TPSA) is 45.6 Å². The predicted octanol–water partition coefficient (Wildman–Crippen LogP) is 3.01. The first-order chi connectivity index (χ1) is 9.28. The van der Waals surface area contributed by atoms with E-state index in [4.69, 9.17) is 9.72 Å². The van der Waals surface area contributed by atoms with E-state index >= 15 is 0 Å². The number of anilines is 1. The minimum absolute atomic E-state index is 0.136. The molecule has 0 amide bonds. The van der Waals surface area contributed by atoms with Crippen molar-refractivity contribution >= 4 is 16.5 Å². The van der Waals surface area contributed by atoms with Crippen LogP contribution >= 0.6 is 11.3 Å². The van der Waals surface area contributed by atoms with Gasteiger partial charge < -0.3 is 14.7 Å². The Morgan fingerprint density at radius 3 is 2.85 bits per heavy atom. The number of hydrogen-bond acceptors (Lipinski definition) is 5. The number of fused-ring (bicyclic) bond motifs is 1. The molecular weight excluding hydrogens is 272 g/mol. The number of ether oxygens (including phenoxy) is 1. The molecule has 1 aromatic rings. The Hall–Kier alpha value is -0.650. The fourth-order valence-electron chi connectivity index (χ4n) is 2.56. The third-order valence-corrected chi connectivity index (χ3v) is 4.93. The highest BCUT2D eigenvalue weighted by Crippen LogP contribution is 2.44. The molecule has 4 nitrogen and oxygen atoms in total. The first kappa shape index (κ1) is 15.7. The average Bonchev–Trinajstić information content (AvgIpc) is 2.70. The van der Waals surface area contributed by atoms with Gasteiger partial charge in [-0.2, -0.15) is 0 Å². The minimum Gasteiger partial charge on any atom is -0.387 e. The van der Waals surface area contributed by atoms with Crippen molar-refractivity contribution in [3.8, 4) is 0 Å². The maximum Gasteiger partial charge on any atom is 0.185 e. The van der Waals surface area contributed by atoms with E-state index in [1.54, 1.807) is 11.3 Å². The van der Waals surface area contributed by atoms with Crippen molar-refractivity contribution in [3.63, 3.8) is 0 Å². The maximum atomic E-state index is 10.3. The molecule has 1 aliphatic carbocycles. The van der Waals surface area contributed by atoms with Crippen molar-refractivity contribution < 1.29 is 9.84 Å². The molecule has 1 heterocycles. The van der Waals surface area contributed by atoms with Crippen LogP contribution in [0.15, 0.2) is 0 Å². The first-order valence-corrected chi connectivity index (χ1v) is 8.10. The Balaban J connectivity index is 2.04. The predicted molar refractivity (Wildman–Crippen MR) is 83.5 cm³/mol. The van der Waals surface area contributed by atoms with Gasteiger partial charge in [-0.3, -0.25) is 0 Å². The van der Waals surface area contributed by atoms with Crippen LogP contribution in [0, 0.1) is 5.41 Å². The minimum atomic E-state index is -0.361. The Bertz CT molecular complexity index is 457. The van der Waals surface area contributed by atoms with Gasteiger partial charge in [-0.1, -0.05) is 25.2 Å². The van der Waals surface area contributed by atoms with E-state index in [1.807, 2.05) is 20.9 Å². The van der Waals surface area contributed by atoms with Gasteiger partial charge in [-0.25, -0.2) is 4.98 Å². The number of hydrogen-bond donors (Lipinski definition) is 1.